The fourth-order valence-electron chi connectivity index (χ4n) is 4.77. The maximum absolute atomic E-state index is 14.7. The van der Waals surface area contributed by atoms with Crippen LogP contribution in [-0.4, -0.2) is 52.9 Å². The van der Waals surface area contributed by atoms with Gasteiger partial charge in [0.15, 0.2) is 11.6 Å². The van der Waals surface area contributed by atoms with E-state index in [0.717, 1.165) is 32.5 Å². The zero-order chi connectivity index (χ0) is 23.2. The molecule has 4 rings (SSSR count). The van der Waals surface area contributed by atoms with Crippen molar-refractivity contribution in [3.63, 3.8) is 0 Å². The largest absolute Gasteiger partial charge is 0.494 e. The summed E-state index contributed by atoms with van der Waals surface area (Å²) < 4.78 is 19.8. The van der Waals surface area contributed by atoms with Crippen LogP contribution in [0.5, 0.6) is 5.75 Å². The smallest absolute Gasteiger partial charge is 0.237 e. The summed E-state index contributed by atoms with van der Waals surface area (Å²) in [6.45, 7) is 4.67. The SMILES string of the molecule is CCC(N1CCCN1)N(c1ccc(OC)c(F)c1)c1nc(N)nc(NCC2CCCCC2)n1. The molecule has 1 aliphatic carbocycles. The summed E-state index contributed by atoms with van der Waals surface area (Å²) in [6.07, 6.45) is 7.96. The molecule has 0 amide bonds. The summed E-state index contributed by atoms with van der Waals surface area (Å²) >= 11 is 0. The normalized spacial score (nSPS) is 18.3. The Morgan fingerprint density at radius 2 is 2.06 bits per heavy atom. The van der Waals surface area contributed by atoms with Gasteiger partial charge in [0, 0.05) is 31.4 Å². The van der Waals surface area contributed by atoms with E-state index in [-0.39, 0.29) is 17.9 Å². The maximum Gasteiger partial charge on any atom is 0.237 e. The van der Waals surface area contributed by atoms with Gasteiger partial charge in [0.25, 0.3) is 0 Å². The van der Waals surface area contributed by atoms with Crippen molar-refractivity contribution < 1.29 is 9.13 Å². The average Bonchev–Trinajstić information content (AvgIpc) is 3.36. The third kappa shape index (κ3) is 5.62. The van der Waals surface area contributed by atoms with Crippen LogP contribution in [0.2, 0.25) is 0 Å². The Balaban J connectivity index is 1.66. The van der Waals surface area contributed by atoms with Gasteiger partial charge in [-0.3, -0.25) is 10.3 Å². The molecule has 1 aliphatic heterocycles. The molecule has 10 heteroatoms. The summed E-state index contributed by atoms with van der Waals surface area (Å²) in [5.41, 5.74) is 10.1. The van der Waals surface area contributed by atoms with Crippen LogP contribution in [0.15, 0.2) is 18.2 Å². The van der Waals surface area contributed by atoms with Crippen molar-refractivity contribution in [2.24, 2.45) is 5.92 Å². The fourth-order valence-corrected chi connectivity index (χ4v) is 4.77. The predicted octanol–water partition coefficient (Wildman–Crippen LogP) is 3.68. The number of aromatic nitrogens is 3. The third-order valence-corrected chi connectivity index (χ3v) is 6.46. The van der Waals surface area contributed by atoms with Crippen LogP contribution in [0, 0.1) is 11.7 Å². The topological polar surface area (TPSA) is 104 Å². The van der Waals surface area contributed by atoms with Gasteiger partial charge in [0.1, 0.15) is 6.17 Å². The van der Waals surface area contributed by atoms with Crippen molar-refractivity contribution in [2.75, 3.05) is 42.7 Å². The molecule has 4 N–H and O–H groups in total. The highest BCUT2D eigenvalue weighted by atomic mass is 19.1. The van der Waals surface area contributed by atoms with Crippen LogP contribution in [0.25, 0.3) is 0 Å². The van der Waals surface area contributed by atoms with E-state index < -0.39 is 5.82 Å². The summed E-state index contributed by atoms with van der Waals surface area (Å²) in [7, 11) is 1.45. The number of hydrazine groups is 1. The second-order valence-corrected chi connectivity index (χ2v) is 8.73. The molecule has 180 valence electrons. The Morgan fingerprint density at radius 3 is 2.73 bits per heavy atom. The molecule has 0 bridgehead atoms. The molecular weight excluding hydrogens is 423 g/mol. The molecule has 0 radical (unpaired) electrons. The van der Waals surface area contributed by atoms with Gasteiger partial charge < -0.3 is 15.8 Å². The first-order valence-electron chi connectivity index (χ1n) is 12.0. The lowest BCUT2D eigenvalue weighted by Crippen LogP contribution is -2.50. The Kier molecular flexibility index (Phi) is 7.77. The van der Waals surface area contributed by atoms with E-state index in [1.807, 2.05) is 11.0 Å². The highest BCUT2D eigenvalue weighted by Gasteiger charge is 2.30. The van der Waals surface area contributed by atoms with Crippen LogP contribution in [0.3, 0.4) is 0 Å². The molecule has 2 fully saturated rings. The van der Waals surface area contributed by atoms with Crippen molar-refractivity contribution in [1.82, 2.24) is 25.4 Å². The van der Waals surface area contributed by atoms with Crippen LogP contribution >= 0.6 is 0 Å². The number of nitrogens with one attached hydrogen (secondary N) is 2. The molecule has 2 heterocycles. The summed E-state index contributed by atoms with van der Waals surface area (Å²) in [5, 5.41) is 5.52. The Hall–Kier alpha value is -2.72. The molecule has 2 aliphatic rings. The van der Waals surface area contributed by atoms with E-state index in [9.17, 15) is 4.39 Å². The van der Waals surface area contributed by atoms with E-state index in [0.29, 0.717) is 23.5 Å². The van der Waals surface area contributed by atoms with E-state index in [2.05, 4.69) is 32.6 Å². The van der Waals surface area contributed by atoms with Crippen molar-refractivity contribution in [1.29, 1.82) is 0 Å². The molecule has 1 aromatic carbocycles. The maximum atomic E-state index is 14.7. The summed E-state index contributed by atoms with van der Waals surface area (Å²) in [4.78, 5) is 15.4. The van der Waals surface area contributed by atoms with Crippen LogP contribution in [0.4, 0.5) is 27.9 Å². The van der Waals surface area contributed by atoms with E-state index in [1.165, 1.54) is 45.3 Å². The number of hydrogen-bond acceptors (Lipinski definition) is 9. The number of benzene rings is 1. The van der Waals surface area contributed by atoms with E-state index in [1.54, 1.807) is 6.07 Å². The van der Waals surface area contributed by atoms with Gasteiger partial charge in [-0.05, 0) is 43.7 Å². The minimum absolute atomic E-state index is 0.131. The molecule has 1 saturated heterocycles. The lowest BCUT2D eigenvalue weighted by atomic mass is 9.89. The molecule has 0 spiro atoms. The zero-order valence-electron chi connectivity index (χ0n) is 19.6. The quantitative estimate of drug-likeness (QED) is 0.519. The number of nitrogens with two attached hydrogens (primary N) is 1. The standard InChI is InChI=1S/C23H35FN8O/c1-3-20(31-13-7-12-27-31)32(17-10-11-19(33-2)18(24)14-17)23-29-21(25)28-22(30-23)26-15-16-8-5-4-6-9-16/h10-11,14,16,20,27H,3-9,12-13,15H2,1-2H3,(H3,25,26,28,29,30). The van der Waals surface area contributed by atoms with E-state index >= 15 is 0 Å². The molecule has 1 atom stereocenters. The van der Waals surface area contributed by atoms with Gasteiger partial charge in [0.2, 0.25) is 17.8 Å². The molecule has 1 saturated carbocycles. The molecule has 2 aromatic rings. The second-order valence-electron chi connectivity index (χ2n) is 8.73. The van der Waals surface area contributed by atoms with Crippen LogP contribution < -0.4 is 26.1 Å². The second kappa shape index (κ2) is 10.9. The molecule has 33 heavy (non-hydrogen) atoms. The first-order valence-corrected chi connectivity index (χ1v) is 12.0. The Morgan fingerprint density at radius 1 is 1.24 bits per heavy atom. The van der Waals surface area contributed by atoms with Crippen molar-refractivity contribution in [3.8, 4) is 5.75 Å². The van der Waals surface area contributed by atoms with Crippen molar-refractivity contribution in [2.45, 2.75) is 58.0 Å². The molecule has 9 nitrogen and oxygen atoms in total. The number of halogens is 1. The van der Waals surface area contributed by atoms with Crippen molar-refractivity contribution >= 4 is 23.5 Å². The number of rotatable bonds is 9. The monoisotopic (exact) mass is 458 g/mol. The number of anilines is 4. The first kappa shape index (κ1) is 23.4. The lowest BCUT2D eigenvalue weighted by Gasteiger charge is -2.37. The van der Waals surface area contributed by atoms with E-state index in [4.69, 9.17) is 15.5 Å². The van der Waals surface area contributed by atoms with Gasteiger partial charge in [0.05, 0.1) is 7.11 Å². The summed E-state index contributed by atoms with van der Waals surface area (Å²) in [6, 6.07) is 4.89. The van der Waals surface area contributed by atoms with Crippen LogP contribution in [-0.2, 0) is 0 Å². The summed E-state index contributed by atoms with van der Waals surface area (Å²) in [5.74, 6) is 1.33. The van der Waals surface area contributed by atoms with Gasteiger partial charge in [-0.25, -0.2) is 9.40 Å². The number of nitrogens with zero attached hydrogens (tertiary/aromatic N) is 5. The lowest BCUT2D eigenvalue weighted by molar-refractivity contribution is 0.172. The number of ether oxygens (including phenoxy) is 1. The van der Waals surface area contributed by atoms with Crippen molar-refractivity contribution in [3.05, 3.63) is 24.0 Å². The van der Waals surface area contributed by atoms with Gasteiger partial charge in [-0.15, -0.1) is 0 Å². The minimum Gasteiger partial charge on any atom is -0.494 e. The highest BCUT2D eigenvalue weighted by Crippen LogP contribution is 2.32. The highest BCUT2D eigenvalue weighted by molar-refractivity contribution is 5.61. The van der Waals surface area contributed by atoms with Gasteiger partial charge >= 0.3 is 0 Å². The number of nitrogen functional groups attached to an aromatic ring is 1. The number of methoxy groups -OCH3 is 1. The minimum atomic E-state index is -0.443. The predicted molar refractivity (Wildman–Crippen MR) is 128 cm³/mol. The van der Waals surface area contributed by atoms with Crippen LogP contribution in [0.1, 0.15) is 51.9 Å². The Bertz CT molecular complexity index is 917. The Labute approximate surface area is 194 Å². The average molecular weight is 459 g/mol. The fraction of sp³-hybridized carbons (Fsp3) is 0.609. The first-order chi connectivity index (χ1) is 16.1. The van der Waals surface area contributed by atoms with Gasteiger partial charge in [-0.2, -0.15) is 15.0 Å². The number of hydrogen-bond donors (Lipinski definition) is 3. The molecular formula is C23H35FN8O. The molecule has 1 unspecified atom stereocenters. The third-order valence-electron chi connectivity index (χ3n) is 6.46. The zero-order valence-corrected chi connectivity index (χ0v) is 19.6. The van der Waals surface area contributed by atoms with Gasteiger partial charge in [-0.1, -0.05) is 26.2 Å². The molecule has 1 aromatic heterocycles.